The first-order valence-electron chi connectivity index (χ1n) is 9.16. The second-order valence-electron chi connectivity index (χ2n) is 6.71. The molecule has 0 saturated heterocycles. The van der Waals surface area contributed by atoms with E-state index in [0.29, 0.717) is 11.4 Å². The minimum Gasteiger partial charge on any atom is -0.333 e. The first-order valence-corrected chi connectivity index (χ1v) is 9.16. The quantitative estimate of drug-likeness (QED) is 0.633. The summed E-state index contributed by atoms with van der Waals surface area (Å²) in [5.41, 5.74) is 0.960. The van der Waals surface area contributed by atoms with Gasteiger partial charge >= 0.3 is 12.1 Å². The van der Waals surface area contributed by atoms with Crippen molar-refractivity contribution in [1.82, 2.24) is 10.6 Å². The molecule has 1 aliphatic carbocycles. The second kappa shape index (κ2) is 9.16. The van der Waals surface area contributed by atoms with E-state index in [1.54, 1.807) is 0 Å². The van der Waals surface area contributed by atoms with Crippen LogP contribution in [-0.2, 0) is 0 Å². The smallest absolute Gasteiger partial charge is 0.319 e. The number of amides is 4. The van der Waals surface area contributed by atoms with Crippen molar-refractivity contribution in [3.05, 3.63) is 60.2 Å². The Morgan fingerprint density at radius 1 is 0.679 bits per heavy atom. The number of carbonyl (C=O) groups excluding carboxylic acids is 2. The average Bonchev–Trinajstić information content (AvgIpc) is 2.67. The van der Waals surface area contributed by atoms with Crippen molar-refractivity contribution >= 4 is 23.4 Å². The van der Waals surface area contributed by atoms with Gasteiger partial charge in [-0.2, -0.15) is 0 Å². The van der Waals surface area contributed by atoms with Crippen molar-refractivity contribution < 1.29 is 18.4 Å². The zero-order valence-electron chi connectivity index (χ0n) is 15.2. The minimum absolute atomic E-state index is 0.229. The summed E-state index contributed by atoms with van der Waals surface area (Å²) in [5.74, 6) is -0.760. The third-order valence-electron chi connectivity index (χ3n) is 4.60. The highest BCUT2D eigenvalue weighted by Gasteiger charge is 2.28. The molecule has 0 spiro atoms. The lowest BCUT2D eigenvalue weighted by Crippen LogP contribution is -2.54. The lowest BCUT2D eigenvalue weighted by Gasteiger charge is -2.32. The lowest BCUT2D eigenvalue weighted by molar-refractivity contribution is 0.225. The monoisotopic (exact) mass is 388 g/mol. The van der Waals surface area contributed by atoms with E-state index in [0.717, 1.165) is 25.7 Å². The highest BCUT2D eigenvalue weighted by Crippen LogP contribution is 2.19. The first kappa shape index (κ1) is 19.6. The minimum atomic E-state index is -0.413. The Kier molecular flexibility index (Phi) is 6.41. The summed E-state index contributed by atoms with van der Waals surface area (Å²) in [4.78, 5) is 24.5. The number of hydrogen-bond acceptors (Lipinski definition) is 2. The van der Waals surface area contributed by atoms with Crippen LogP contribution in [0.4, 0.5) is 29.7 Å². The van der Waals surface area contributed by atoms with Gasteiger partial charge in [-0.1, -0.05) is 12.8 Å². The molecule has 1 aliphatic rings. The topological polar surface area (TPSA) is 82.3 Å². The van der Waals surface area contributed by atoms with E-state index in [1.807, 2.05) is 0 Å². The van der Waals surface area contributed by atoms with Gasteiger partial charge in [-0.05, 0) is 61.4 Å². The Morgan fingerprint density at radius 2 is 1.04 bits per heavy atom. The van der Waals surface area contributed by atoms with E-state index in [-0.39, 0.29) is 23.7 Å². The predicted octanol–water partition coefficient (Wildman–Crippen LogP) is 4.22. The molecule has 1 saturated carbocycles. The van der Waals surface area contributed by atoms with Crippen molar-refractivity contribution in [3.8, 4) is 0 Å². The number of rotatable bonds is 4. The van der Waals surface area contributed by atoms with Crippen molar-refractivity contribution in [2.24, 2.45) is 0 Å². The van der Waals surface area contributed by atoms with Crippen LogP contribution < -0.4 is 21.3 Å². The van der Waals surface area contributed by atoms with Gasteiger partial charge in [0.1, 0.15) is 11.6 Å². The molecule has 3 rings (SSSR count). The molecule has 4 amide bonds. The van der Waals surface area contributed by atoms with Gasteiger partial charge in [0.25, 0.3) is 0 Å². The fourth-order valence-electron chi connectivity index (χ4n) is 3.21. The van der Waals surface area contributed by atoms with Crippen LogP contribution in [0.5, 0.6) is 0 Å². The zero-order chi connectivity index (χ0) is 19.9. The van der Waals surface area contributed by atoms with Crippen LogP contribution >= 0.6 is 0 Å². The molecule has 0 aliphatic heterocycles. The Labute approximate surface area is 161 Å². The molecule has 0 heterocycles. The van der Waals surface area contributed by atoms with Crippen molar-refractivity contribution in [1.29, 1.82) is 0 Å². The summed E-state index contributed by atoms with van der Waals surface area (Å²) < 4.78 is 25.9. The van der Waals surface area contributed by atoms with E-state index in [9.17, 15) is 18.4 Å². The first-order chi connectivity index (χ1) is 13.5. The fraction of sp³-hybridized carbons (Fsp3) is 0.300. The van der Waals surface area contributed by atoms with Crippen LogP contribution in [-0.4, -0.2) is 24.1 Å². The maximum Gasteiger partial charge on any atom is 0.319 e. The molecule has 2 aromatic carbocycles. The molecule has 1 fully saturated rings. The van der Waals surface area contributed by atoms with E-state index in [4.69, 9.17) is 0 Å². The molecule has 4 N–H and O–H groups in total. The van der Waals surface area contributed by atoms with Gasteiger partial charge in [0.05, 0.1) is 12.1 Å². The molecule has 148 valence electrons. The van der Waals surface area contributed by atoms with Crippen LogP contribution in [0.2, 0.25) is 0 Å². The summed E-state index contributed by atoms with van der Waals surface area (Å²) in [6, 6.07) is 9.67. The van der Waals surface area contributed by atoms with Gasteiger partial charge < -0.3 is 21.3 Å². The predicted molar refractivity (Wildman–Crippen MR) is 103 cm³/mol. The van der Waals surface area contributed by atoms with Crippen LogP contribution in [0.15, 0.2) is 48.5 Å². The summed E-state index contributed by atoms with van der Waals surface area (Å²) >= 11 is 0. The maximum absolute atomic E-state index is 13.0. The Morgan fingerprint density at radius 3 is 1.39 bits per heavy atom. The van der Waals surface area contributed by atoms with E-state index < -0.39 is 12.1 Å². The molecule has 8 heteroatoms. The molecule has 0 aromatic heterocycles. The summed E-state index contributed by atoms with van der Waals surface area (Å²) in [6.45, 7) is 0. The van der Waals surface area contributed by atoms with Crippen molar-refractivity contribution in [2.45, 2.75) is 37.8 Å². The standard InChI is InChI=1S/C20H22F2N4O2/c21-13-5-9-15(10-6-13)23-19(27)25-17-3-1-2-4-18(17)26-20(28)24-16-11-7-14(22)8-12-16/h5-12,17-18H,1-4H2,(H2,23,25,27)(H2,24,26,28)/t17-,18+. The summed E-state index contributed by atoms with van der Waals surface area (Å²) in [6.07, 6.45) is 3.36. The molecule has 0 unspecified atom stereocenters. The van der Waals surface area contributed by atoms with Gasteiger partial charge in [0, 0.05) is 11.4 Å². The SMILES string of the molecule is O=C(Nc1ccc(F)cc1)N[C@H]1CCCC[C@H]1NC(=O)Nc1ccc(F)cc1. The number of hydrogen-bond donors (Lipinski definition) is 4. The van der Waals surface area contributed by atoms with Crippen LogP contribution in [0.1, 0.15) is 25.7 Å². The molecule has 0 bridgehead atoms. The van der Waals surface area contributed by atoms with E-state index >= 15 is 0 Å². The van der Waals surface area contributed by atoms with Gasteiger partial charge in [0.15, 0.2) is 0 Å². The molecule has 2 aromatic rings. The van der Waals surface area contributed by atoms with E-state index in [1.165, 1.54) is 48.5 Å². The van der Waals surface area contributed by atoms with Crippen LogP contribution in [0.25, 0.3) is 0 Å². The average molecular weight is 388 g/mol. The Bertz CT molecular complexity index is 742. The number of benzene rings is 2. The van der Waals surface area contributed by atoms with Crippen LogP contribution in [0.3, 0.4) is 0 Å². The van der Waals surface area contributed by atoms with Crippen LogP contribution in [0, 0.1) is 11.6 Å². The molecule has 0 radical (unpaired) electrons. The van der Waals surface area contributed by atoms with E-state index in [2.05, 4.69) is 21.3 Å². The Balaban J connectivity index is 1.54. The molecular formula is C20H22F2N4O2. The highest BCUT2D eigenvalue weighted by molar-refractivity contribution is 5.90. The van der Waals surface area contributed by atoms with Gasteiger partial charge in [-0.3, -0.25) is 0 Å². The van der Waals surface area contributed by atoms with Gasteiger partial charge in [-0.25, -0.2) is 18.4 Å². The fourth-order valence-corrected chi connectivity index (χ4v) is 3.21. The Hall–Kier alpha value is -3.16. The largest absolute Gasteiger partial charge is 0.333 e. The molecular weight excluding hydrogens is 366 g/mol. The molecule has 2 atom stereocenters. The summed E-state index contributed by atoms with van der Waals surface area (Å²) in [5, 5.41) is 11.1. The number of urea groups is 2. The number of anilines is 2. The normalized spacial score (nSPS) is 18.8. The highest BCUT2D eigenvalue weighted by atomic mass is 19.1. The maximum atomic E-state index is 13.0. The third-order valence-corrected chi connectivity index (χ3v) is 4.60. The van der Waals surface area contributed by atoms with Gasteiger partial charge in [-0.15, -0.1) is 0 Å². The van der Waals surface area contributed by atoms with Gasteiger partial charge in [0.2, 0.25) is 0 Å². The second-order valence-corrected chi connectivity index (χ2v) is 6.71. The van der Waals surface area contributed by atoms with Crippen molar-refractivity contribution in [3.63, 3.8) is 0 Å². The third kappa shape index (κ3) is 5.67. The number of carbonyl (C=O) groups is 2. The number of halogens is 2. The molecule has 28 heavy (non-hydrogen) atoms. The number of nitrogens with one attached hydrogen (secondary N) is 4. The molecule has 6 nitrogen and oxygen atoms in total. The lowest BCUT2D eigenvalue weighted by atomic mass is 9.90. The summed E-state index contributed by atoms with van der Waals surface area (Å²) in [7, 11) is 0. The zero-order valence-corrected chi connectivity index (χ0v) is 15.2. The van der Waals surface area contributed by atoms with Crippen molar-refractivity contribution in [2.75, 3.05) is 10.6 Å².